The first-order valence-corrected chi connectivity index (χ1v) is 15.6. The summed E-state index contributed by atoms with van der Waals surface area (Å²) < 4.78 is 23.9. The fraction of sp³-hybridized carbons (Fsp3) is 0.893. The summed E-state index contributed by atoms with van der Waals surface area (Å²) in [6, 6.07) is -3.19. The third kappa shape index (κ3) is 8.68. The van der Waals surface area contributed by atoms with Crippen LogP contribution in [-0.4, -0.2) is 149 Å². The largest absolute Gasteiger partial charge is 0.467 e. The van der Waals surface area contributed by atoms with Crippen LogP contribution in [0.3, 0.4) is 0 Å². The molecule has 17 nitrogen and oxygen atoms in total. The van der Waals surface area contributed by atoms with Crippen LogP contribution in [0.5, 0.6) is 0 Å². The van der Waals surface area contributed by atoms with E-state index in [1.165, 1.54) is 6.92 Å². The molecule has 4 rings (SSSR count). The van der Waals surface area contributed by atoms with E-state index in [1.54, 1.807) is 7.05 Å². The van der Waals surface area contributed by atoms with Crippen LogP contribution in [0.25, 0.3) is 0 Å². The van der Waals surface area contributed by atoms with Crippen molar-refractivity contribution in [3.63, 3.8) is 0 Å². The maximum absolute atomic E-state index is 12.7. The van der Waals surface area contributed by atoms with Crippen molar-refractivity contribution in [3.8, 4) is 0 Å². The molecule has 2 aliphatic carbocycles. The van der Waals surface area contributed by atoms with E-state index in [0.29, 0.717) is 38.1 Å². The lowest BCUT2D eigenvalue weighted by Crippen LogP contribution is -2.69. The van der Waals surface area contributed by atoms with Gasteiger partial charge in [0, 0.05) is 18.6 Å². The number of hydrogen-bond acceptors (Lipinski definition) is 16. The van der Waals surface area contributed by atoms with E-state index in [0.717, 1.165) is 0 Å². The maximum Gasteiger partial charge on any atom is 0.249 e. The highest BCUT2D eigenvalue weighted by atomic mass is 16.7. The molecule has 1 amide bonds. The maximum atomic E-state index is 12.7. The number of rotatable bonds is 13. The number of carbonyl (C=O) groups excluding carboxylic acids is 1. The molecule has 3 fully saturated rings. The summed E-state index contributed by atoms with van der Waals surface area (Å²) in [6.07, 6.45) is -5.49. The minimum atomic E-state index is -1.47. The van der Waals surface area contributed by atoms with Crippen LogP contribution >= 0.6 is 0 Å². The second-order valence-electron chi connectivity index (χ2n) is 13.1. The lowest BCUT2D eigenvalue weighted by atomic mass is 9.76. The molecule has 0 aromatic rings. The van der Waals surface area contributed by atoms with Gasteiger partial charge in [0.2, 0.25) is 12.2 Å². The van der Waals surface area contributed by atoms with E-state index in [9.17, 15) is 30.3 Å². The van der Waals surface area contributed by atoms with Crippen LogP contribution < -0.4 is 38.9 Å². The van der Waals surface area contributed by atoms with Gasteiger partial charge in [0.15, 0.2) is 6.29 Å². The standard InChI is InChI=1S/C28H53N7O10/c1-27(40)12-42-26(20(38)23(27)33-2)45-22-17(35-24(39)18(36)5-6-29)7-16(32)21(19(22)37)44-25-15(31)4-3-14(43-25)10-34-11-28(41)8-13(30)9-28/h3,13,15-23,25-26,33-34,36-38,40-41H,4-12,29-32H2,1-2H3,(H,35,39)/t13?,15-,16+,17-,18+,19+,20-,21-,22+,23-,25-,26-,27+,28?/m1/s1. The predicted octanol–water partition coefficient (Wildman–Crippen LogP) is -5.50. The number of hydrogen-bond donors (Lipinski definition) is 12. The highest BCUT2D eigenvalue weighted by Crippen LogP contribution is 2.33. The Labute approximate surface area is 262 Å². The molecule has 2 saturated carbocycles. The first-order valence-electron chi connectivity index (χ1n) is 15.6. The molecule has 0 spiro atoms. The number of nitrogens with one attached hydrogen (secondary N) is 3. The van der Waals surface area contributed by atoms with Gasteiger partial charge in [0.25, 0.3) is 0 Å². The van der Waals surface area contributed by atoms with Gasteiger partial charge < -0.3 is 83.4 Å². The summed E-state index contributed by atoms with van der Waals surface area (Å²) in [4.78, 5) is 12.7. The molecule has 0 aromatic carbocycles. The minimum Gasteiger partial charge on any atom is -0.467 e. The Bertz CT molecular complexity index is 1020. The summed E-state index contributed by atoms with van der Waals surface area (Å²) in [5.74, 6) is -0.184. The lowest BCUT2D eigenvalue weighted by molar-refractivity contribution is -0.304. The van der Waals surface area contributed by atoms with Crippen molar-refractivity contribution in [2.75, 3.05) is 33.3 Å². The Morgan fingerprint density at radius 3 is 2.44 bits per heavy atom. The molecule has 260 valence electrons. The van der Waals surface area contributed by atoms with Gasteiger partial charge in [-0.05, 0) is 58.7 Å². The molecule has 16 N–H and O–H groups in total. The molecule has 17 heteroatoms. The van der Waals surface area contributed by atoms with Crippen LogP contribution in [0.15, 0.2) is 11.8 Å². The number of nitrogens with two attached hydrogens (primary N) is 4. The fourth-order valence-electron chi connectivity index (χ4n) is 6.57. The molecular weight excluding hydrogens is 594 g/mol. The van der Waals surface area contributed by atoms with Gasteiger partial charge in [-0.3, -0.25) is 4.79 Å². The molecule has 0 bridgehead atoms. The normalized spacial score (nSPS) is 44.3. The molecule has 4 aliphatic rings. The molecule has 0 aromatic heterocycles. The predicted molar refractivity (Wildman–Crippen MR) is 160 cm³/mol. The minimum absolute atomic E-state index is 0.00635. The average Bonchev–Trinajstić information content (AvgIpc) is 2.95. The molecule has 2 heterocycles. The van der Waals surface area contributed by atoms with Crippen LogP contribution in [0.2, 0.25) is 0 Å². The van der Waals surface area contributed by atoms with Crippen molar-refractivity contribution < 1.29 is 49.3 Å². The lowest BCUT2D eigenvalue weighted by Gasteiger charge is -2.49. The third-order valence-electron chi connectivity index (χ3n) is 9.08. The molecule has 45 heavy (non-hydrogen) atoms. The van der Waals surface area contributed by atoms with Crippen LogP contribution in [0.4, 0.5) is 0 Å². The SMILES string of the molecule is CN[C@@H]1[C@@H](O)[C@@H](O[C@@H]2[C@@H](O)[C@H](O[C@H]3OC(CNCC4(O)CC(N)C4)=CC[C@H]3N)[C@@H](N)C[C@H]2NC(=O)[C@@H](O)CCN)OC[C@]1(C)O. The zero-order valence-electron chi connectivity index (χ0n) is 26.0. The van der Waals surface area contributed by atoms with E-state index in [-0.39, 0.29) is 32.0 Å². The van der Waals surface area contributed by atoms with Crippen LogP contribution in [0, 0.1) is 0 Å². The van der Waals surface area contributed by atoms with Gasteiger partial charge >= 0.3 is 0 Å². The highest BCUT2D eigenvalue weighted by Gasteiger charge is 2.52. The van der Waals surface area contributed by atoms with Crippen LogP contribution in [-0.2, 0) is 23.7 Å². The van der Waals surface area contributed by atoms with E-state index in [2.05, 4.69) is 16.0 Å². The topological polar surface area (TPSA) is 295 Å². The third-order valence-corrected chi connectivity index (χ3v) is 9.08. The zero-order chi connectivity index (χ0) is 33.1. The molecule has 1 saturated heterocycles. The van der Waals surface area contributed by atoms with Crippen molar-refractivity contribution in [3.05, 3.63) is 11.8 Å². The van der Waals surface area contributed by atoms with E-state index in [4.69, 9.17) is 41.9 Å². The number of aliphatic hydroxyl groups excluding tert-OH is 3. The monoisotopic (exact) mass is 647 g/mol. The fourth-order valence-corrected chi connectivity index (χ4v) is 6.57. The van der Waals surface area contributed by atoms with Crippen LogP contribution in [0.1, 0.15) is 39.0 Å². The number of aliphatic hydroxyl groups is 5. The number of amides is 1. The van der Waals surface area contributed by atoms with E-state index < -0.39 is 84.4 Å². The van der Waals surface area contributed by atoms with Gasteiger partial charge in [0.05, 0.1) is 36.9 Å². The number of ether oxygens (including phenoxy) is 4. The zero-order valence-corrected chi connectivity index (χ0v) is 26.0. The van der Waals surface area contributed by atoms with Gasteiger partial charge in [0.1, 0.15) is 41.9 Å². The molecular formula is C28H53N7O10. The molecule has 2 aliphatic heterocycles. The summed E-state index contributed by atoms with van der Waals surface area (Å²) in [7, 11) is 1.57. The second-order valence-corrected chi connectivity index (χ2v) is 13.1. The smallest absolute Gasteiger partial charge is 0.249 e. The Hall–Kier alpha value is -1.55. The van der Waals surface area contributed by atoms with Crippen molar-refractivity contribution in [2.24, 2.45) is 22.9 Å². The van der Waals surface area contributed by atoms with E-state index in [1.807, 2.05) is 6.08 Å². The first kappa shape index (κ1) is 36.3. The Balaban J connectivity index is 1.45. The summed E-state index contributed by atoms with van der Waals surface area (Å²) >= 11 is 0. The number of likely N-dealkylation sites (N-methyl/N-ethyl adjacent to an activating group) is 1. The first-order chi connectivity index (χ1) is 21.2. The van der Waals surface area contributed by atoms with Crippen molar-refractivity contribution >= 4 is 5.91 Å². The summed E-state index contributed by atoms with van der Waals surface area (Å²) in [6.45, 7) is 2.04. The highest BCUT2D eigenvalue weighted by molar-refractivity contribution is 5.80. The summed E-state index contributed by atoms with van der Waals surface area (Å²) in [5, 5.41) is 62.6. The Morgan fingerprint density at radius 2 is 1.80 bits per heavy atom. The molecule has 12 atom stereocenters. The molecule has 0 unspecified atom stereocenters. The number of carbonyl (C=O) groups is 1. The van der Waals surface area contributed by atoms with Gasteiger partial charge in [-0.15, -0.1) is 0 Å². The van der Waals surface area contributed by atoms with Gasteiger partial charge in [-0.1, -0.05) is 0 Å². The van der Waals surface area contributed by atoms with Gasteiger partial charge in [-0.25, -0.2) is 0 Å². The van der Waals surface area contributed by atoms with Crippen molar-refractivity contribution in [1.29, 1.82) is 0 Å². The quantitative estimate of drug-likeness (QED) is 0.0887. The van der Waals surface area contributed by atoms with Crippen molar-refractivity contribution in [2.45, 2.75) is 124 Å². The average molecular weight is 648 g/mol. The Kier molecular flexibility index (Phi) is 12.2. The molecule has 0 radical (unpaired) electrons. The second kappa shape index (κ2) is 15.1. The van der Waals surface area contributed by atoms with E-state index >= 15 is 0 Å². The Morgan fingerprint density at radius 1 is 1.11 bits per heavy atom. The van der Waals surface area contributed by atoms with Gasteiger partial charge in [-0.2, -0.15) is 0 Å². The van der Waals surface area contributed by atoms with Crippen molar-refractivity contribution in [1.82, 2.24) is 16.0 Å². The summed E-state index contributed by atoms with van der Waals surface area (Å²) in [5.41, 5.74) is 21.8.